The van der Waals surface area contributed by atoms with Gasteiger partial charge in [-0.25, -0.2) is 4.98 Å². The van der Waals surface area contributed by atoms with Crippen molar-refractivity contribution in [3.05, 3.63) is 24.4 Å². The molecule has 76 valence electrons. The third-order valence-electron chi connectivity index (χ3n) is 2.86. The highest BCUT2D eigenvalue weighted by molar-refractivity contribution is 5.33. The molecule has 14 heavy (non-hydrogen) atoms. The Bertz CT molecular complexity index is 273. The molecule has 0 saturated carbocycles. The summed E-state index contributed by atoms with van der Waals surface area (Å²) in [5.41, 5.74) is 0. The zero-order valence-corrected chi connectivity index (χ0v) is 8.61. The van der Waals surface area contributed by atoms with E-state index >= 15 is 0 Å². The van der Waals surface area contributed by atoms with Crippen molar-refractivity contribution in [2.24, 2.45) is 0 Å². The Labute approximate surface area is 85.1 Å². The van der Waals surface area contributed by atoms with Gasteiger partial charge >= 0.3 is 0 Å². The summed E-state index contributed by atoms with van der Waals surface area (Å²) < 4.78 is 0. The second kappa shape index (κ2) is 4.42. The number of pyridine rings is 1. The van der Waals surface area contributed by atoms with E-state index in [1.807, 2.05) is 24.4 Å². The molecular weight excluding hydrogens is 174 g/mol. The first-order chi connectivity index (χ1) is 6.86. The molecule has 1 fully saturated rings. The van der Waals surface area contributed by atoms with E-state index in [4.69, 9.17) is 0 Å². The molecule has 0 spiro atoms. The number of hydrogen-bond acceptors (Lipinski definition) is 3. The van der Waals surface area contributed by atoms with Gasteiger partial charge in [0.25, 0.3) is 0 Å². The third kappa shape index (κ3) is 2.23. The number of rotatable bonds is 3. The van der Waals surface area contributed by atoms with Gasteiger partial charge in [-0.1, -0.05) is 6.07 Å². The highest BCUT2D eigenvalue weighted by Crippen LogP contribution is 2.14. The van der Waals surface area contributed by atoms with E-state index in [0.29, 0.717) is 6.04 Å². The van der Waals surface area contributed by atoms with Gasteiger partial charge in [0.1, 0.15) is 5.82 Å². The lowest BCUT2D eigenvalue weighted by Crippen LogP contribution is -2.31. The first-order valence-corrected chi connectivity index (χ1v) is 5.21. The minimum Gasteiger partial charge on any atom is -0.369 e. The zero-order valence-electron chi connectivity index (χ0n) is 8.61. The lowest BCUT2D eigenvalue weighted by Gasteiger charge is -2.19. The quantitative estimate of drug-likeness (QED) is 0.786. The van der Waals surface area contributed by atoms with Crippen LogP contribution in [-0.4, -0.2) is 36.1 Å². The van der Waals surface area contributed by atoms with Crippen LogP contribution in [0.15, 0.2) is 24.4 Å². The van der Waals surface area contributed by atoms with Crippen LogP contribution in [0.2, 0.25) is 0 Å². The molecule has 3 nitrogen and oxygen atoms in total. The van der Waals surface area contributed by atoms with E-state index in [0.717, 1.165) is 12.4 Å². The lowest BCUT2D eigenvalue weighted by atomic mass is 10.2. The van der Waals surface area contributed by atoms with Crippen molar-refractivity contribution in [2.45, 2.75) is 18.9 Å². The van der Waals surface area contributed by atoms with Crippen LogP contribution in [0.3, 0.4) is 0 Å². The number of nitrogens with zero attached hydrogens (tertiary/aromatic N) is 2. The molecule has 1 aliphatic rings. The minimum atomic E-state index is 0.678. The van der Waals surface area contributed by atoms with Crippen LogP contribution in [0.1, 0.15) is 12.8 Å². The molecule has 0 bridgehead atoms. The summed E-state index contributed by atoms with van der Waals surface area (Å²) in [4.78, 5) is 6.65. The SMILES string of the molecule is CN1CCCC1CNc1ccccn1. The van der Waals surface area contributed by atoms with Gasteiger partial charge in [0.15, 0.2) is 0 Å². The van der Waals surface area contributed by atoms with Crippen LogP contribution in [0.25, 0.3) is 0 Å². The Balaban J connectivity index is 1.82. The molecule has 1 saturated heterocycles. The summed E-state index contributed by atoms with van der Waals surface area (Å²) in [6, 6.07) is 6.63. The average Bonchev–Trinajstić information content (AvgIpc) is 2.63. The van der Waals surface area contributed by atoms with E-state index in [2.05, 4.69) is 22.2 Å². The fourth-order valence-corrected chi connectivity index (χ4v) is 1.93. The number of hydrogen-bond donors (Lipinski definition) is 1. The fraction of sp³-hybridized carbons (Fsp3) is 0.545. The van der Waals surface area contributed by atoms with Crippen molar-refractivity contribution in [3.63, 3.8) is 0 Å². The standard InChI is InChI=1S/C11H17N3/c1-14-8-4-5-10(14)9-13-11-6-2-3-7-12-11/h2-3,6-7,10H,4-5,8-9H2,1H3,(H,12,13). The Morgan fingerprint density at radius 3 is 3.14 bits per heavy atom. The van der Waals surface area contributed by atoms with Gasteiger partial charge in [-0.05, 0) is 38.6 Å². The van der Waals surface area contributed by atoms with Crippen LogP contribution in [-0.2, 0) is 0 Å². The van der Waals surface area contributed by atoms with Crippen molar-refractivity contribution >= 4 is 5.82 Å². The van der Waals surface area contributed by atoms with Crippen molar-refractivity contribution in [3.8, 4) is 0 Å². The molecule has 1 aromatic heterocycles. The number of anilines is 1. The van der Waals surface area contributed by atoms with Crippen molar-refractivity contribution in [1.82, 2.24) is 9.88 Å². The normalized spacial score (nSPS) is 22.5. The largest absolute Gasteiger partial charge is 0.369 e. The molecule has 2 heterocycles. The van der Waals surface area contributed by atoms with E-state index in [1.54, 1.807) is 0 Å². The van der Waals surface area contributed by atoms with E-state index in [1.165, 1.54) is 19.4 Å². The first-order valence-electron chi connectivity index (χ1n) is 5.21. The Hall–Kier alpha value is -1.09. The summed E-state index contributed by atoms with van der Waals surface area (Å²) in [5.74, 6) is 0.979. The number of likely N-dealkylation sites (N-methyl/N-ethyl adjacent to an activating group) is 1. The maximum Gasteiger partial charge on any atom is 0.125 e. The third-order valence-corrected chi connectivity index (χ3v) is 2.86. The van der Waals surface area contributed by atoms with Gasteiger partial charge < -0.3 is 10.2 Å². The molecule has 1 aliphatic heterocycles. The highest BCUT2D eigenvalue weighted by atomic mass is 15.2. The lowest BCUT2D eigenvalue weighted by molar-refractivity contribution is 0.322. The van der Waals surface area contributed by atoms with E-state index in [9.17, 15) is 0 Å². The van der Waals surface area contributed by atoms with Crippen molar-refractivity contribution in [2.75, 3.05) is 25.5 Å². The fourth-order valence-electron chi connectivity index (χ4n) is 1.93. The molecule has 1 N–H and O–H groups in total. The van der Waals surface area contributed by atoms with Crippen LogP contribution < -0.4 is 5.32 Å². The molecule has 2 rings (SSSR count). The van der Waals surface area contributed by atoms with Crippen molar-refractivity contribution < 1.29 is 0 Å². The monoisotopic (exact) mass is 191 g/mol. The Morgan fingerprint density at radius 2 is 2.50 bits per heavy atom. The van der Waals surface area contributed by atoms with Gasteiger partial charge in [-0.15, -0.1) is 0 Å². The molecule has 1 aromatic rings. The smallest absolute Gasteiger partial charge is 0.125 e. The van der Waals surface area contributed by atoms with Crippen LogP contribution in [0.4, 0.5) is 5.82 Å². The van der Waals surface area contributed by atoms with Crippen LogP contribution >= 0.6 is 0 Å². The molecule has 0 amide bonds. The average molecular weight is 191 g/mol. The van der Waals surface area contributed by atoms with Crippen molar-refractivity contribution in [1.29, 1.82) is 0 Å². The number of nitrogens with one attached hydrogen (secondary N) is 1. The summed E-state index contributed by atoms with van der Waals surface area (Å²) in [7, 11) is 2.19. The molecule has 0 aromatic carbocycles. The Morgan fingerprint density at radius 1 is 1.57 bits per heavy atom. The predicted octanol–water partition coefficient (Wildman–Crippen LogP) is 1.59. The second-order valence-electron chi connectivity index (χ2n) is 3.87. The van der Waals surface area contributed by atoms with Gasteiger partial charge in [0, 0.05) is 18.8 Å². The Kier molecular flexibility index (Phi) is 2.99. The van der Waals surface area contributed by atoms with E-state index in [-0.39, 0.29) is 0 Å². The van der Waals surface area contributed by atoms with E-state index < -0.39 is 0 Å². The molecule has 0 aliphatic carbocycles. The summed E-state index contributed by atoms with van der Waals surface area (Å²) in [6.07, 6.45) is 4.45. The first kappa shape index (κ1) is 9.46. The zero-order chi connectivity index (χ0) is 9.80. The summed E-state index contributed by atoms with van der Waals surface area (Å²) in [5, 5.41) is 3.36. The molecular formula is C11H17N3. The number of aromatic nitrogens is 1. The molecule has 0 radical (unpaired) electrons. The van der Waals surface area contributed by atoms with Gasteiger partial charge in [0.2, 0.25) is 0 Å². The second-order valence-corrected chi connectivity index (χ2v) is 3.87. The summed E-state index contributed by atoms with van der Waals surface area (Å²) >= 11 is 0. The van der Waals surface area contributed by atoms with Gasteiger partial charge in [-0.3, -0.25) is 0 Å². The highest BCUT2D eigenvalue weighted by Gasteiger charge is 2.19. The van der Waals surface area contributed by atoms with Crippen LogP contribution in [0.5, 0.6) is 0 Å². The minimum absolute atomic E-state index is 0.678. The van der Waals surface area contributed by atoms with Gasteiger partial charge in [0.05, 0.1) is 0 Å². The topological polar surface area (TPSA) is 28.2 Å². The molecule has 3 heteroatoms. The maximum atomic E-state index is 4.24. The predicted molar refractivity (Wildman–Crippen MR) is 58.4 cm³/mol. The molecule has 1 atom stereocenters. The molecule has 1 unspecified atom stereocenters. The summed E-state index contributed by atoms with van der Waals surface area (Å²) in [6.45, 7) is 2.24. The van der Waals surface area contributed by atoms with Crippen LogP contribution in [0, 0.1) is 0 Å². The number of likely N-dealkylation sites (tertiary alicyclic amines) is 1. The maximum absolute atomic E-state index is 4.24. The van der Waals surface area contributed by atoms with Gasteiger partial charge in [-0.2, -0.15) is 0 Å².